The Labute approximate surface area is 60.4 Å². The number of hydrogen-bond acceptors (Lipinski definition) is 2. The molecule has 1 aliphatic heterocycles. The molecule has 0 aromatic heterocycles. The molecule has 1 heterocycles. The van der Waals surface area contributed by atoms with Gasteiger partial charge in [-0.15, -0.1) is 12.4 Å². The summed E-state index contributed by atoms with van der Waals surface area (Å²) < 4.78 is 0. The summed E-state index contributed by atoms with van der Waals surface area (Å²) in [6.07, 6.45) is 1.33. The van der Waals surface area contributed by atoms with Crippen LogP contribution in [0.4, 0.5) is 0 Å². The van der Waals surface area contributed by atoms with Crippen LogP contribution in [0.25, 0.3) is 0 Å². The molecular formula is C5H11ClN2O. The zero-order valence-electron chi connectivity index (χ0n) is 5.31. The second-order valence-electron chi connectivity index (χ2n) is 2.47. The van der Waals surface area contributed by atoms with Crippen LogP contribution >= 0.6 is 12.4 Å². The highest BCUT2D eigenvalue weighted by Gasteiger charge is 2.27. The first-order valence-corrected chi connectivity index (χ1v) is 2.70. The van der Waals surface area contributed by atoms with Crippen molar-refractivity contribution >= 4 is 18.3 Å². The fourth-order valence-corrected chi connectivity index (χ4v) is 0.817. The van der Waals surface area contributed by atoms with Crippen molar-refractivity contribution < 1.29 is 4.79 Å². The highest BCUT2D eigenvalue weighted by atomic mass is 35.5. The molecule has 0 aromatic carbocycles. The number of halogens is 1. The van der Waals surface area contributed by atoms with E-state index in [2.05, 4.69) is 5.32 Å². The van der Waals surface area contributed by atoms with E-state index in [1.54, 1.807) is 0 Å². The molecule has 9 heavy (non-hydrogen) atoms. The number of rotatable bonds is 0. The van der Waals surface area contributed by atoms with Crippen molar-refractivity contribution in [2.24, 2.45) is 5.73 Å². The standard InChI is InChI=1S/C5H10N2O.ClH/c1-5(6)3-2-4(8)7-5;/h2-3,6H2,1H3,(H,7,8);1H/t5-;/m1./s1. The number of nitrogens with one attached hydrogen (secondary N) is 1. The van der Waals surface area contributed by atoms with Crippen LogP contribution < -0.4 is 11.1 Å². The Balaban J connectivity index is 0.000000640. The molecule has 3 nitrogen and oxygen atoms in total. The van der Waals surface area contributed by atoms with Gasteiger partial charge in [-0.1, -0.05) is 0 Å². The van der Waals surface area contributed by atoms with E-state index in [1.165, 1.54) is 0 Å². The minimum Gasteiger partial charge on any atom is -0.339 e. The maximum atomic E-state index is 10.5. The molecule has 1 rings (SSSR count). The summed E-state index contributed by atoms with van der Waals surface area (Å²) in [7, 11) is 0. The number of carbonyl (C=O) groups is 1. The van der Waals surface area contributed by atoms with Gasteiger partial charge >= 0.3 is 0 Å². The van der Waals surface area contributed by atoms with Gasteiger partial charge in [0.2, 0.25) is 5.91 Å². The van der Waals surface area contributed by atoms with Gasteiger partial charge in [-0.3, -0.25) is 4.79 Å². The average molecular weight is 151 g/mol. The largest absolute Gasteiger partial charge is 0.339 e. The van der Waals surface area contributed by atoms with Crippen LogP contribution in [0, 0.1) is 0 Å². The fraction of sp³-hybridized carbons (Fsp3) is 0.800. The smallest absolute Gasteiger partial charge is 0.221 e. The topological polar surface area (TPSA) is 55.1 Å². The van der Waals surface area contributed by atoms with Crippen LogP contribution in [0.1, 0.15) is 19.8 Å². The lowest BCUT2D eigenvalue weighted by atomic mass is 10.2. The molecule has 0 saturated carbocycles. The van der Waals surface area contributed by atoms with Crippen LogP contribution in [-0.4, -0.2) is 11.6 Å². The molecule has 1 atom stereocenters. The molecule has 0 spiro atoms. The summed E-state index contributed by atoms with van der Waals surface area (Å²) in [5.74, 6) is 0.0648. The van der Waals surface area contributed by atoms with Crippen molar-refractivity contribution in [2.45, 2.75) is 25.4 Å². The summed E-state index contributed by atoms with van der Waals surface area (Å²) in [5, 5.41) is 2.63. The molecular weight excluding hydrogens is 140 g/mol. The summed E-state index contributed by atoms with van der Waals surface area (Å²) >= 11 is 0. The van der Waals surface area contributed by atoms with Crippen molar-refractivity contribution in [1.82, 2.24) is 5.32 Å². The van der Waals surface area contributed by atoms with E-state index in [4.69, 9.17) is 5.73 Å². The summed E-state index contributed by atoms with van der Waals surface area (Å²) in [4.78, 5) is 10.5. The van der Waals surface area contributed by atoms with Crippen LogP contribution in [-0.2, 0) is 4.79 Å². The second kappa shape index (κ2) is 2.54. The lowest BCUT2D eigenvalue weighted by Gasteiger charge is -2.15. The summed E-state index contributed by atoms with van der Waals surface area (Å²) in [6, 6.07) is 0. The van der Waals surface area contributed by atoms with Crippen LogP contribution in [0.2, 0.25) is 0 Å². The summed E-state index contributed by atoms with van der Waals surface area (Å²) in [6.45, 7) is 1.82. The Hall–Kier alpha value is -0.280. The third kappa shape index (κ3) is 2.20. The van der Waals surface area contributed by atoms with Gasteiger partial charge in [-0.2, -0.15) is 0 Å². The van der Waals surface area contributed by atoms with E-state index in [0.717, 1.165) is 6.42 Å². The van der Waals surface area contributed by atoms with Crippen molar-refractivity contribution in [3.8, 4) is 0 Å². The fourth-order valence-electron chi connectivity index (χ4n) is 0.817. The lowest BCUT2D eigenvalue weighted by molar-refractivity contribution is -0.119. The first-order chi connectivity index (χ1) is 3.60. The molecule has 0 unspecified atom stereocenters. The molecule has 54 valence electrons. The van der Waals surface area contributed by atoms with E-state index in [9.17, 15) is 4.79 Å². The van der Waals surface area contributed by atoms with Gasteiger partial charge in [0.15, 0.2) is 0 Å². The van der Waals surface area contributed by atoms with Crippen molar-refractivity contribution in [1.29, 1.82) is 0 Å². The Morgan fingerprint density at radius 3 is 2.44 bits per heavy atom. The third-order valence-corrected chi connectivity index (χ3v) is 1.30. The Kier molecular flexibility index (Phi) is 2.46. The minimum absolute atomic E-state index is 0. The maximum Gasteiger partial charge on any atom is 0.221 e. The van der Waals surface area contributed by atoms with Gasteiger partial charge in [0.05, 0.1) is 5.66 Å². The Bertz CT molecular complexity index is 124. The van der Waals surface area contributed by atoms with Crippen LogP contribution in [0.5, 0.6) is 0 Å². The van der Waals surface area contributed by atoms with E-state index >= 15 is 0 Å². The summed E-state index contributed by atoms with van der Waals surface area (Å²) in [5.41, 5.74) is 5.10. The molecule has 1 amide bonds. The van der Waals surface area contributed by atoms with Gasteiger partial charge in [0.1, 0.15) is 0 Å². The van der Waals surface area contributed by atoms with Gasteiger partial charge in [0.25, 0.3) is 0 Å². The van der Waals surface area contributed by atoms with Gasteiger partial charge < -0.3 is 11.1 Å². The zero-order chi connectivity index (χ0) is 6.20. The molecule has 0 aliphatic carbocycles. The predicted molar refractivity (Wildman–Crippen MR) is 37.2 cm³/mol. The average Bonchev–Trinajstić information content (AvgIpc) is 1.82. The normalized spacial score (nSPS) is 33.3. The quantitative estimate of drug-likeness (QED) is 0.511. The molecule has 1 fully saturated rings. The molecule has 1 saturated heterocycles. The van der Waals surface area contributed by atoms with Crippen molar-refractivity contribution in [3.05, 3.63) is 0 Å². The molecule has 0 aromatic rings. The monoisotopic (exact) mass is 150 g/mol. The minimum atomic E-state index is -0.433. The van der Waals surface area contributed by atoms with E-state index in [0.29, 0.717) is 6.42 Å². The molecule has 0 radical (unpaired) electrons. The van der Waals surface area contributed by atoms with E-state index in [1.807, 2.05) is 6.92 Å². The Morgan fingerprint density at radius 1 is 1.78 bits per heavy atom. The zero-order valence-corrected chi connectivity index (χ0v) is 6.12. The molecule has 1 aliphatic rings. The number of hydrogen-bond donors (Lipinski definition) is 2. The highest BCUT2D eigenvalue weighted by molar-refractivity contribution is 5.85. The molecule has 0 bridgehead atoms. The van der Waals surface area contributed by atoms with Crippen LogP contribution in [0.15, 0.2) is 0 Å². The maximum absolute atomic E-state index is 10.5. The highest BCUT2D eigenvalue weighted by Crippen LogP contribution is 2.11. The van der Waals surface area contributed by atoms with Gasteiger partial charge in [0, 0.05) is 6.42 Å². The SMILES string of the molecule is C[C@]1(N)CCC(=O)N1.Cl. The van der Waals surface area contributed by atoms with E-state index in [-0.39, 0.29) is 18.3 Å². The molecule has 3 N–H and O–H groups in total. The van der Waals surface area contributed by atoms with Crippen LogP contribution in [0.3, 0.4) is 0 Å². The van der Waals surface area contributed by atoms with Gasteiger partial charge in [-0.25, -0.2) is 0 Å². The predicted octanol–water partition coefficient (Wildman–Crippen LogP) is -0.00690. The number of nitrogens with two attached hydrogens (primary N) is 1. The number of carbonyl (C=O) groups excluding carboxylic acids is 1. The van der Waals surface area contributed by atoms with Crippen molar-refractivity contribution in [3.63, 3.8) is 0 Å². The first kappa shape index (κ1) is 8.72. The molecule has 4 heteroatoms. The first-order valence-electron chi connectivity index (χ1n) is 2.70. The third-order valence-electron chi connectivity index (χ3n) is 1.30. The van der Waals surface area contributed by atoms with Gasteiger partial charge in [-0.05, 0) is 13.3 Å². The van der Waals surface area contributed by atoms with Crippen molar-refractivity contribution in [2.75, 3.05) is 0 Å². The second-order valence-corrected chi connectivity index (χ2v) is 2.47. The number of amides is 1. The lowest BCUT2D eigenvalue weighted by Crippen LogP contribution is -2.46. The van der Waals surface area contributed by atoms with E-state index < -0.39 is 5.66 Å². The Morgan fingerprint density at radius 2 is 2.33 bits per heavy atom.